The first-order valence-electron chi connectivity index (χ1n) is 7.93. The van der Waals surface area contributed by atoms with Gasteiger partial charge in [0.15, 0.2) is 17.2 Å². The Morgan fingerprint density at radius 3 is 1.85 bits per heavy atom. The molecule has 0 fully saturated rings. The minimum absolute atomic E-state index is 0.141. The van der Waals surface area contributed by atoms with E-state index in [1.807, 2.05) is 6.92 Å². The number of aromatic hydroxyl groups is 3. The Balaban J connectivity index is 2.07. The van der Waals surface area contributed by atoms with Crippen molar-refractivity contribution in [2.45, 2.75) is 27.2 Å². The largest absolute Gasteiger partial charge is 0.504 e. The van der Waals surface area contributed by atoms with Crippen LogP contribution in [-0.2, 0) is 4.79 Å². The van der Waals surface area contributed by atoms with Gasteiger partial charge in [0.05, 0.1) is 11.0 Å². The molecular formula is C19H20O7. The third-order valence-corrected chi connectivity index (χ3v) is 3.99. The molecule has 0 aliphatic rings. The lowest BCUT2D eigenvalue weighted by molar-refractivity contribution is -0.144. The molecule has 0 atom stereocenters. The van der Waals surface area contributed by atoms with Crippen molar-refractivity contribution >= 4 is 11.9 Å². The highest BCUT2D eigenvalue weighted by Crippen LogP contribution is 2.35. The van der Waals surface area contributed by atoms with E-state index in [0.717, 1.165) is 12.1 Å². The molecular weight excluding hydrogens is 340 g/mol. The van der Waals surface area contributed by atoms with Crippen LogP contribution in [-0.4, -0.2) is 27.3 Å². The smallest absolute Gasteiger partial charge is 0.343 e. The van der Waals surface area contributed by atoms with Crippen LogP contribution in [0.3, 0.4) is 0 Å². The van der Waals surface area contributed by atoms with Crippen LogP contribution in [0.4, 0.5) is 0 Å². The van der Waals surface area contributed by atoms with E-state index >= 15 is 0 Å². The maximum absolute atomic E-state index is 12.1. The fourth-order valence-corrected chi connectivity index (χ4v) is 1.85. The lowest BCUT2D eigenvalue weighted by atomic mass is 9.91. The van der Waals surface area contributed by atoms with E-state index in [4.69, 9.17) is 9.47 Å². The number of benzene rings is 2. The average molecular weight is 360 g/mol. The van der Waals surface area contributed by atoms with E-state index in [1.165, 1.54) is 24.3 Å². The fourth-order valence-electron chi connectivity index (χ4n) is 1.85. The summed E-state index contributed by atoms with van der Waals surface area (Å²) in [5.41, 5.74) is -0.744. The van der Waals surface area contributed by atoms with Crippen LogP contribution in [0.2, 0.25) is 0 Å². The zero-order valence-corrected chi connectivity index (χ0v) is 14.6. The van der Waals surface area contributed by atoms with Crippen LogP contribution in [0.25, 0.3) is 0 Å². The first-order chi connectivity index (χ1) is 12.1. The number of ether oxygens (including phenoxy) is 2. The number of esters is 2. The number of hydrogen-bond acceptors (Lipinski definition) is 7. The van der Waals surface area contributed by atoms with Crippen LogP contribution in [0, 0.1) is 5.41 Å². The van der Waals surface area contributed by atoms with Gasteiger partial charge < -0.3 is 24.8 Å². The Morgan fingerprint density at radius 1 is 0.923 bits per heavy atom. The summed E-state index contributed by atoms with van der Waals surface area (Å²) in [6.07, 6.45) is 0.633. The first-order valence-corrected chi connectivity index (χ1v) is 7.93. The van der Waals surface area contributed by atoms with Crippen LogP contribution in [0.1, 0.15) is 37.6 Å². The highest BCUT2D eigenvalue weighted by Gasteiger charge is 2.27. The third-order valence-electron chi connectivity index (χ3n) is 3.99. The standard InChI is InChI=1S/C19H20O7/c1-4-19(2,3)18(24)26-13-7-5-12(6-8-13)25-17(23)11-9-14(20)16(22)15(21)10-11/h5-10,20-22H,4H2,1-3H3. The fraction of sp³-hybridized carbons (Fsp3) is 0.263. The van der Waals surface area contributed by atoms with Gasteiger partial charge in [-0.25, -0.2) is 4.79 Å². The van der Waals surface area contributed by atoms with Gasteiger partial charge in [0.2, 0.25) is 0 Å². The minimum Gasteiger partial charge on any atom is -0.504 e. The van der Waals surface area contributed by atoms with Gasteiger partial charge in [0, 0.05) is 0 Å². The maximum Gasteiger partial charge on any atom is 0.343 e. The summed E-state index contributed by atoms with van der Waals surface area (Å²) in [5.74, 6) is -2.71. The molecule has 0 bridgehead atoms. The van der Waals surface area contributed by atoms with Gasteiger partial charge in [-0.1, -0.05) is 6.92 Å². The van der Waals surface area contributed by atoms with Gasteiger partial charge >= 0.3 is 11.9 Å². The van der Waals surface area contributed by atoms with Crippen molar-refractivity contribution < 1.29 is 34.4 Å². The zero-order chi connectivity index (χ0) is 19.5. The lowest BCUT2D eigenvalue weighted by Crippen LogP contribution is -2.28. The van der Waals surface area contributed by atoms with Gasteiger partial charge in [-0.05, 0) is 56.7 Å². The molecule has 7 heteroatoms. The van der Waals surface area contributed by atoms with Crippen molar-refractivity contribution in [3.63, 3.8) is 0 Å². The first kappa shape index (κ1) is 19.1. The monoisotopic (exact) mass is 360 g/mol. The van der Waals surface area contributed by atoms with Crippen molar-refractivity contribution in [2.24, 2.45) is 5.41 Å². The van der Waals surface area contributed by atoms with Crippen LogP contribution < -0.4 is 9.47 Å². The molecule has 2 aromatic carbocycles. The molecule has 0 spiro atoms. The second-order valence-corrected chi connectivity index (χ2v) is 6.35. The summed E-state index contributed by atoms with van der Waals surface area (Å²) < 4.78 is 10.4. The number of rotatable bonds is 5. The van der Waals surface area contributed by atoms with E-state index in [1.54, 1.807) is 13.8 Å². The van der Waals surface area contributed by atoms with E-state index < -0.39 is 28.6 Å². The van der Waals surface area contributed by atoms with Crippen LogP contribution >= 0.6 is 0 Å². The molecule has 0 heterocycles. The molecule has 0 saturated heterocycles. The molecule has 3 N–H and O–H groups in total. The highest BCUT2D eigenvalue weighted by molar-refractivity contribution is 5.92. The normalized spacial score (nSPS) is 11.0. The quantitative estimate of drug-likeness (QED) is 0.425. The summed E-state index contributed by atoms with van der Waals surface area (Å²) in [6, 6.07) is 7.80. The highest BCUT2D eigenvalue weighted by atomic mass is 16.5. The molecule has 138 valence electrons. The minimum atomic E-state index is -0.840. The Hall–Kier alpha value is -3.22. The molecule has 0 aliphatic carbocycles. The predicted octanol–water partition coefficient (Wildman–Crippen LogP) is 3.36. The summed E-state index contributed by atoms with van der Waals surface area (Å²) >= 11 is 0. The zero-order valence-electron chi connectivity index (χ0n) is 14.6. The molecule has 0 unspecified atom stereocenters. The van der Waals surface area contributed by atoms with Gasteiger partial charge in [-0.15, -0.1) is 0 Å². The molecule has 0 amide bonds. The van der Waals surface area contributed by atoms with Crippen molar-refractivity contribution in [2.75, 3.05) is 0 Å². The predicted molar refractivity (Wildman–Crippen MR) is 92.5 cm³/mol. The summed E-state index contributed by atoms with van der Waals surface area (Å²) in [5, 5.41) is 28.2. The lowest BCUT2D eigenvalue weighted by Gasteiger charge is -2.20. The van der Waals surface area contributed by atoms with Gasteiger partial charge in [-0.3, -0.25) is 4.79 Å². The number of phenolic OH excluding ortho intramolecular Hbond substituents is 3. The molecule has 2 aromatic rings. The van der Waals surface area contributed by atoms with Crippen molar-refractivity contribution in [3.05, 3.63) is 42.0 Å². The molecule has 7 nitrogen and oxygen atoms in total. The molecule has 0 radical (unpaired) electrons. The summed E-state index contributed by atoms with van der Waals surface area (Å²) in [6.45, 7) is 5.46. The number of phenols is 3. The SMILES string of the molecule is CCC(C)(C)C(=O)Oc1ccc(OC(=O)c2cc(O)c(O)c(O)c2)cc1. The van der Waals surface area contributed by atoms with E-state index in [0.29, 0.717) is 12.2 Å². The summed E-state index contributed by atoms with van der Waals surface area (Å²) in [4.78, 5) is 24.1. The van der Waals surface area contributed by atoms with Crippen molar-refractivity contribution in [1.82, 2.24) is 0 Å². The molecule has 2 rings (SSSR count). The Kier molecular flexibility index (Phi) is 5.40. The van der Waals surface area contributed by atoms with Gasteiger partial charge in [0.1, 0.15) is 11.5 Å². The van der Waals surface area contributed by atoms with Gasteiger partial charge in [0.25, 0.3) is 0 Å². The Morgan fingerprint density at radius 2 is 1.38 bits per heavy atom. The number of hydrogen-bond donors (Lipinski definition) is 3. The number of carbonyl (C=O) groups is 2. The van der Waals surface area contributed by atoms with E-state index in [-0.39, 0.29) is 17.3 Å². The van der Waals surface area contributed by atoms with Crippen molar-refractivity contribution in [3.8, 4) is 28.7 Å². The van der Waals surface area contributed by atoms with Gasteiger partial charge in [-0.2, -0.15) is 0 Å². The molecule has 0 aliphatic heterocycles. The van der Waals surface area contributed by atoms with Crippen molar-refractivity contribution in [1.29, 1.82) is 0 Å². The number of carbonyl (C=O) groups excluding carboxylic acids is 2. The second kappa shape index (κ2) is 7.35. The summed E-state index contributed by atoms with van der Waals surface area (Å²) in [7, 11) is 0. The Bertz CT molecular complexity index is 799. The average Bonchev–Trinajstić information content (AvgIpc) is 2.60. The molecule has 0 saturated carbocycles. The van der Waals surface area contributed by atoms with E-state index in [2.05, 4.69) is 0 Å². The third kappa shape index (κ3) is 4.24. The Labute approximate surface area is 150 Å². The molecule has 26 heavy (non-hydrogen) atoms. The van der Waals surface area contributed by atoms with E-state index in [9.17, 15) is 24.9 Å². The van der Waals surface area contributed by atoms with Crippen LogP contribution in [0.5, 0.6) is 28.7 Å². The maximum atomic E-state index is 12.1. The van der Waals surface area contributed by atoms with Crippen LogP contribution in [0.15, 0.2) is 36.4 Å². The topological polar surface area (TPSA) is 113 Å². The second-order valence-electron chi connectivity index (χ2n) is 6.35. The molecule has 0 aromatic heterocycles.